The van der Waals surface area contributed by atoms with Gasteiger partial charge in [-0.25, -0.2) is 9.59 Å². The van der Waals surface area contributed by atoms with Gasteiger partial charge in [-0.2, -0.15) is 0 Å². The molecule has 0 saturated carbocycles. The average Bonchev–Trinajstić information content (AvgIpc) is 2.66. The van der Waals surface area contributed by atoms with Gasteiger partial charge in [-0.05, 0) is 24.6 Å². The third-order valence-electron chi connectivity index (χ3n) is 4.70. The number of anilines is 1. The zero-order valence-electron chi connectivity index (χ0n) is 17.0. The van der Waals surface area contributed by atoms with Gasteiger partial charge in [-0.3, -0.25) is 5.32 Å². The first-order valence-corrected chi connectivity index (χ1v) is 10.5. The number of amides is 1. The molecule has 0 aliphatic heterocycles. The molecule has 0 saturated heterocycles. The van der Waals surface area contributed by atoms with Gasteiger partial charge in [0.1, 0.15) is 11.3 Å². The first-order chi connectivity index (χ1) is 13.5. The molecule has 1 rings (SSSR count). The van der Waals surface area contributed by atoms with Crippen LogP contribution in [0.1, 0.15) is 94.3 Å². The van der Waals surface area contributed by atoms with Crippen molar-refractivity contribution in [2.75, 3.05) is 11.9 Å². The van der Waals surface area contributed by atoms with Crippen molar-refractivity contribution in [2.24, 2.45) is 0 Å². The van der Waals surface area contributed by atoms with E-state index in [1.165, 1.54) is 76.0 Å². The van der Waals surface area contributed by atoms with Gasteiger partial charge in [-0.15, -0.1) is 0 Å². The van der Waals surface area contributed by atoms with Crippen LogP contribution in [0.2, 0.25) is 0 Å². The van der Waals surface area contributed by atoms with Gasteiger partial charge in [0.15, 0.2) is 0 Å². The van der Waals surface area contributed by atoms with E-state index in [1.807, 2.05) is 0 Å². The predicted octanol–water partition coefficient (Wildman–Crippen LogP) is 6.34. The first-order valence-electron chi connectivity index (χ1n) is 10.5. The van der Waals surface area contributed by atoms with E-state index in [4.69, 9.17) is 9.84 Å². The second-order valence-corrected chi connectivity index (χ2v) is 7.19. The standard InChI is InChI=1S/C22H35NO5/c1-2-3-4-5-6-7-8-9-10-11-12-13-16-28-22(27)23-18-14-15-20(24)19(17-18)21(25)26/h14-15,17,24H,2-13,16H2,1H3,(H,23,27)(H,25,26). The van der Waals surface area contributed by atoms with Gasteiger partial charge >= 0.3 is 12.1 Å². The van der Waals surface area contributed by atoms with Gasteiger partial charge in [0.2, 0.25) is 0 Å². The Hall–Kier alpha value is -2.24. The van der Waals surface area contributed by atoms with Crippen molar-refractivity contribution in [1.29, 1.82) is 0 Å². The molecule has 0 aliphatic carbocycles. The monoisotopic (exact) mass is 393 g/mol. The molecule has 0 unspecified atom stereocenters. The van der Waals surface area contributed by atoms with Crippen LogP contribution < -0.4 is 5.32 Å². The van der Waals surface area contributed by atoms with Crippen molar-refractivity contribution < 1.29 is 24.5 Å². The molecule has 6 heteroatoms. The summed E-state index contributed by atoms with van der Waals surface area (Å²) in [6.07, 6.45) is 14.3. The number of carboxylic acids is 1. The Kier molecular flexibility index (Phi) is 12.6. The highest BCUT2D eigenvalue weighted by atomic mass is 16.5. The maximum absolute atomic E-state index is 11.7. The van der Waals surface area contributed by atoms with E-state index in [9.17, 15) is 14.7 Å². The summed E-state index contributed by atoms with van der Waals surface area (Å²) >= 11 is 0. The smallest absolute Gasteiger partial charge is 0.411 e. The maximum atomic E-state index is 11.7. The normalized spacial score (nSPS) is 10.6. The van der Waals surface area contributed by atoms with Gasteiger partial charge in [0, 0.05) is 5.69 Å². The number of carbonyl (C=O) groups excluding carboxylic acids is 1. The lowest BCUT2D eigenvalue weighted by atomic mass is 10.1. The van der Waals surface area contributed by atoms with Crippen LogP contribution >= 0.6 is 0 Å². The molecule has 0 aromatic heterocycles. The number of nitrogens with one attached hydrogen (secondary N) is 1. The van der Waals surface area contributed by atoms with Gasteiger partial charge in [0.25, 0.3) is 0 Å². The second-order valence-electron chi connectivity index (χ2n) is 7.19. The molecule has 0 atom stereocenters. The molecular formula is C22H35NO5. The number of benzene rings is 1. The Balaban J connectivity index is 2.01. The largest absolute Gasteiger partial charge is 0.507 e. The van der Waals surface area contributed by atoms with Crippen LogP contribution in [0.15, 0.2) is 18.2 Å². The van der Waals surface area contributed by atoms with E-state index in [2.05, 4.69) is 12.2 Å². The van der Waals surface area contributed by atoms with Crippen molar-refractivity contribution in [3.8, 4) is 5.75 Å². The molecule has 3 N–H and O–H groups in total. The van der Waals surface area contributed by atoms with Crippen LogP contribution in [-0.4, -0.2) is 28.9 Å². The quantitative estimate of drug-likeness (QED) is 0.239. The number of rotatable bonds is 15. The van der Waals surface area contributed by atoms with E-state index in [-0.39, 0.29) is 17.0 Å². The Labute approximate surface area is 168 Å². The zero-order chi connectivity index (χ0) is 20.6. The van der Waals surface area contributed by atoms with E-state index in [0.29, 0.717) is 6.61 Å². The molecule has 0 bridgehead atoms. The molecule has 6 nitrogen and oxygen atoms in total. The van der Waals surface area contributed by atoms with Gasteiger partial charge in [0.05, 0.1) is 6.61 Å². The summed E-state index contributed by atoms with van der Waals surface area (Å²) in [6, 6.07) is 3.85. The fourth-order valence-corrected chi connectivity index (χ4v) is 3.05. The lowest BCUT2D eigenvalue weighted by molar-refractivity contribution is 0.0693. The molecular weight excluding hydrogens is 358 g/mol. The lowest BCUT2D eigenvalue weighted by Crippen LogP contribution is -2.14. The van der Waals surface area contributed by atoms with E-state index in [1.54, 1.807) is 0 Å². The summed E-state index contributed by atoms with van der Waals surface area (Å²) in [7, 11) is 0. The number of hydrogen-bond acceptors (Lipinski definition) is 4. The van der Waals surface area contributed by atoms with E-state index in [0.717, 1.165) is 19.3 Å². The summed E-state index contributed by atoms with van der Waals surface area (Å²) in [5.74, 6) is -1.60. The summed E-state index contributed by atoms with van der Waals surface area (Å²) in [6.45, 7) is 2.58. The predicted molar refractivity (Wildman–Crippen MR) is 111 cm³/mol. The second kappa shape index (κ2) is 14.8. The Bertz CT molecular complexity index is 588. The zero-order valence-corrected chi connectivity index (χ0v) is 17.0. The number of carboxylic acid groups (broad SMARTS) is 1. The molecule has 0 radical (unpaired) electrons. The van der Waals surface area contributed by atoms with Crippen LogP contribution in [0.25, 0.3) is 0 Å². The van der Waals surface area contributed by atoms with Crippen LogP contribution in [0.5, 0.6) is 5.75 Å². The molecule has 1 aromatic rings. The number of aromatic carboxylic acids is 1. The number of unbranched alkanes of at least 4 members (excludes halogenated alkanes) is 11. The van der Waals surface area contributed by atoms with Crippen molar-refractivity contribution in [3.63, 3.8) is 0 Å². The number of phenols is 1. The fraction of sp³-hybridized carbons (Fsp3) is 0.636. The Morgan fingerprint density at radius 2 is 1.43 bits per heavy atom. The minimum Gasteiger partial charge on any atom is -0.507 e. The summed E-state index contributed by atoms with van der Waals surface area (Å²) in [4.78, 5) is 22.7. The molecule has 28 heavy (non-hydrogen) atoms. The SMILES string of the molecule is CCCCCCCCCCCCCCOC(=O)Nc1ccc(O)c(C(=O)O)c1. The minimum atomic E-state index is -1.26. The fourth-order valence-electron chi connectivity index (χ4n) is 3.05. The first kappa shape index (κ1) is 23.8. The van der Waals surface area contributed by atoms with E-state index < -0.39 is 12.1 Å². The highest BCUT2D eigenvalue weighted by Crippen LogP contribution is 2.21. The van der Waals surface area contributed by atoms with Gasteiger partial charge in [-0.1, -0.05) is 77.6 Å². The number of ether oxygens (including phenoxy) is 1. The number of hydrogen-bond donors (Lipinski definition) is 3. The van der Waals surface area contributed by atoms with Crippen molar-refractivity contribution >= 4 is 17.7 Å². The lowest BCUT2D eigenvalue weighted by Gasteiger charge is -2.08. The molecule has 0 spiro atoms. The number of aromatic hydroxyl groups is 1. The molecule has 0 aliphatic rings. The number of carbonyl (C=O) groups is 2. The molecule has 1 aromatic carbocycles. The highest BCUT2D eigenvalue weighted by molar-refractivity contribution is 5.93. The highest BCUT2D eigenvalue weighted by Gasteiger charge is 2.11. The molecule has 158 valence electrons. The van der Waals surface area contributed by atoms with Crippen molar-refractivity contribution in [3.05, 3.63) is 23.8 Å². The van der Waals surface area contributed by atoms with Crippen molar-refractivity contribution in [1.82, 2.24) is 0 Å². The molecule has 1 amide bonds. The summed E-state index contributed by atoms with van der Waals surface area (Å²) in [5, 5.41) is 20.9. The van der Waals surface area contributed by atoms with E-state index >= 15 is 0 Å². The molecule has 0 heterocycles. The summed E-state index contributed by atoms with van der Waals surface area (Å²) < 4.78 is 5.11. The summed E-state index contributed by atoms with van der Waals surface area (Å²) in [5.41, 5.74) is 0.00801. The Morgan fingerprint density at radius 3 is 1.96 bits per heavy atom. The third kappa shape index (κ3) is 10.8. The average molecular weight is 394 g/mol. The van der Waals surface area contributed by atoms with Crippen molar-refractivity contribution in [2.45, 2.75) is 84.0 Å². The van der Waals surface area contributed by atoms with Crippen LogP contribution in [0.3, 0.4) is 0 Å². The topological polar surface area (TPSA) is 95.9 Å². The van der Waals surface area contributed by atoms with Gasteiger partial charge < -0.3 is 14.9 Å². The minimum absolute atomic E-state index is 0.265. The molecule has 0 fully saturated rings. The Morgan fingerprint density at radius 1 is 0.893 bits per heavy atom. The van der Waals surface area contributed by atoms with Crippen LogP contribution in [0, 0.1) is 0 Å². The third-order valence-corrected chi connectivity index (χ3v) is 4.70. The van der Waals surface area contributed by atoms with Crippen LogP contribution in [0.4, 0.5) is 10.5 Å². The van der Waals surface area contributed by atoms with Crippen LogP contribution in [-0.2, 0) is 4.74 Å². The maximum Gasteiger partial charge on any atom is 0.411 e.